The Morgan fingerprint density at radius 1 is 1.37 bits per heavy atom. The molecule has 0 radical (unpaired) electrons. The summed E-state index contributed by atoms with van der Waals surface area (Å²) in [6, 6.07) is 5.01. The van der Waals surface area contributed by atoms with Gasteiger partial charge in [0.2, 0.25) is 10.0 Å². The Bertz CT molecular complexity index is 525. The predicted octanol–water partition coefficient (Wildman–Crippen LogP) is 1.39. The van der Waals surface area contributed by atoms with Crippen molar-refractivity contribution in [3.63, 3.8) is 0 Å². The van der Waals surface area contributed by atoms with Gasteiger partial charge in [-0.15, -0.1) is 0 Å². The minimum atomic E-state index is -3.72. The van der Waals surface area contributed by atoms with E-state index in [1.165, 1.54) is 24.3 Å². The second-order valence-corrected chi connectivity index (χ2v) is 5.81. The number of hydrogen-bond donors (Lipinski definition) is 3. The van der Waals surface area contributed by atoms with Crippen LogP contribution in [-0.2, 0) is 14.8 Å². The molecule has 7 heteroatoms. The average Bonchev–Trinajstić information content (AvgIpc) is 2.33. The molecule has 4 N–H and O–H groups in total. The zero-order valence-electron chi connectivity index (χ0n) is 10.7. The monoisotopic (exact) mass is 286 g/mol. The molecule has 0 spiro atoms. The van der Waals surface area contributed by atoms with Gasteiger partial charge < -0.3 is 10.4 Å². The molecule has 0 aromatic heterocycles. The van der Waals surface area contributed by atoms with Crippen molar-refractivity contribution in [2.24, 2.45) is 5.14 Å². The lowest BCUT2D eigenvalue weighted by atomic mass is 10.1. The van der Waals surface area contributed by atoms with Crippen molar-refractivity contribution in [2.45, 2.75) is 37.1 Å². The lowest BCUT2D eigenvalue weighted by molar-refractivity contribution is -0.138. The SMILES string of the molecule is CCCCC(Nc1ccc(S(N)(=O)=O)cc1)C(=O)O. The third kappa shape index (κ3) is 4.88. The number of primary sulfonamides is 1. The molecular weight excluding hydrogens is 268 g/mol. The van der Waals surface area contributed by atoms with Gasteiger partial charge >= 0.3 is 5.97 Å². The van der Waals surface area contributed by atoms with Crippen LogP contribution in [0.2, 0.25) is 0 Å². The fourth-order valence-electron chi connectivity index (χ4n) is 1.61. The van der Waals surface area contributed by atoms with Crippen LogP contribution in [-0.4, -0.2) is 25.5 Å². The van der Waals surface area contributed by atoms with E-state index in [0.717, 1.165) is 12.8 Å². The molecule has 0 saturated heterocycles. The van der Waals surface area contributed by atoms with Gasteiger partial charge in [0.05, 0.1) is 4.90 Å². The van der Waals surface area contributed by atoms with Crippen molar-refractivity contribution in [1.29, 1.82) is 0 Å². The molecule has 6 nitrogen and oxygen atoms in total. The number of carboxylic acids is 1. The first-order valence-electron chi connectivity index (χ1n) is 5.96. The van der Waals surface area contributed by atoms with Crippen molar-refractivity contribution < 1.29 is 18.3 Å². The standard InChI is InChI=1S/C12H18N2O4S/c1-2-3-4-11(12(15)16)14-9-5-7-10(8-6-9)19(13,17)18/h5-8,11,14H,2-4H2,1H3,(H,15,16)(H2,13,17,18). The summed E-state index contributed by atoms with van der Waals surface area (Å²) in [6.07, 6.45) is 2.23. The Balaban J connectivity index is 2.78. The first-order chi connectivity index (χ1) is 8.84. The van der Waals surface area contributed by atoms with E-state index in [1.54, 1.807) is 0 Å². The van der Waals surface area contributed by atoms with Crippen molar-refractivity contribution >= 4 is 21.7 Å². The lowest BCUT2D eigenvalue weighted by Gasteiger charge is -2.15. The number of anilines is 1. The van der Waals surface area contributed by atoms with E-state index in [9.17, 15) is 13.2 Å². The van der Waals surface area contributed by atoms with Crippen LogP contribution in [0, 0.1) is 0 Å². The Hall–Kier alpha value is -1.60. The summed E-state index contributed by atoms with van der Waals surface area (Å²) in [5, 5.41) is 16.9. The molecule has 1 aromatic rings. The van der Waals surface area contributed by atoms with Gasteiger partial charge in [0.1, 0.15) is 6.04 Å². The molecule has 1 aromatic carbocycles. The molecule has 1 unspecified atom stereocenters. The minimum absolute atomic E-state index is 0.00140. The van der Waals surface area contributed by atoms with Gasteiger partial charge in [-0.25, -0.2) is 18.4 Å². The topological polar surface area (TPSA) is 109 Å². The summed E-state index contributed by atoms with van der Waals surface area (Å²) in [5.74, 6) is -0.927. The zero-order valence-corrected chi connectivity index (χ0v) is 11.5. The quantitative estimate of drug-likeness (QED) is 0.701. The first-order valence-corrected chi connectivity index (χ1v) is 7.51. The van der Waals surface area contributed by atoms with Crippen molar-refractivity contribution in [3.8, 4) is 0 Å². The number of carbonyl (C=O) groups is 1. The van der Waals surface area contributed by atoms with Crippen LogP contribution in [0.4, 0.5) is 5.69 Å². The largest absolute Gasteiger partial charge is 0.480 e. The second kappa shape index (κ2) is 6.53. The Morgan fingerprint density at radius 2 is 1.95 bits per heavy atom. The number of aliphatic carboxylic acids is 1. The predicted molar refractivity (Wildman–Crippen MR) is 72.4 cm³/mol. The van der Waals surface area contributed by atoms with Crippen molar-refractivity contribution in [2.75, 3.05) is 5.32 Å². The van der Waals surface area contributed by atoms with E-state index in [1.807, 2.05) is 6.92 Å². The Labute approximate surface area is 112 Å². The molecular formula is C12H18N2O4S. The van der Waals surface area contributed by atoms with Gasteiger partial charge in [0.15, 0.2) is 0 Å². The summed E-state index contributed by atoms with van der Waals surface area (Å²) < 4.78 is 22.2. The van der Waals surface area contributed by atoms with Crippen molar-refractivity contribution in [3.05, 3.63) is 24.3 Å². The van der Waals surface area contributed by atoms with E-state index in [0.29, 0.717) is 12.1 Å². The summed E-state index contributed by atoms with van der Waals surface area (Å²) in [5.41, 5.74) is 0.552. The molecule has 0 heterocycles. The highest BCUT2D eigenvalue weighted by Gasteiger charge is 2.16. The van der Waals surface area contributed by atoms with Crippen LogP contribution in [0.1, 0.15) is 26.2 Å². The molecule has 0 amide bonds. The van der Waals surface area contributed by atoms with E-state index >= 15 is 0 Å². The second-order valence-electron chi connectivity index (χ2n) is 4.25. The minimum Gasteiger partial charge on any atom is -0.480 e. The molecule has 19 heavy (non-hydrogen) atoms. The molecule has 0 bridgehead atoms. The molecule has 0 aliphatic carbocycles. The normalized spacial score (nSPS) is 12.9. The number of sulfonamides is 1. The van der Waals surface area contributed by atoms with Crippen LogP contribution < -0.4 is 10.5 Å². The molecule has 106 valence electrons. The average molecular weight is 286 g/mol. The molecule has 1 rings (SSSR count). The highest BCUT2D eigenvalue weighted by molar-refractivity contribution is 7.89. The fraction of sp³-hybridized carbons (Fsp3) is 0.417. The number of nitrogens with one attached hydrogen (secondary N) is 1. The number of hydrogen-bond acceptors (Lipinski definition) is 4. The van der Waals surface area contributed by atoms with Crippen LogP contribution in [0.15, 0.2) is 29.2 Å². The lowest BCUT2D eigenvalue weighted by Crippen LogP contribution is -2.29. The third-order valence-electron chi connectivity index (χ3n) is 2.67. The van der Waals surface area contributed by atoms with Gasteiger partial charge in [-0.2, -0.15) is 0 Å². The number of rotatable bonds is 7. The highest BCUT2D eigenvalue weighted by atomic mass is 32.2. The highest BCUT2D eigenvalue weighted by Crippen LogP contribution is 2.15. The van der Waals surface area contributed by atoms with Gasteiger partial charge in [0, 0.05) is 5.69 Å². The first kappa shape index (κ1) is 15.5. The van der Waals surface area contributed by atoms with E-state index in [2.05, 4.69) is 5.32 Å². The summed E-state index contributed by atoms with van der Waals surface area (Å²) in [7, 11) is -3.72. The van der Waals surface area contributed by atoms with Crippen LogP contribution in [0.5, 0.6) is 0 Å². The smallest absolute Gasteiger partial charge is 0.326 e. The van der Waals surface area contributed by atoms with E-state index in [-0.39, 0.29) is 4.90 Å². The summed E-state index contributed by atoms with van der Waals surface area (Å²) >= 11 is 0. The maximum atomic E-state index is 11.1. The Morgan fingerprint density at radius 3 is 2.37 bits per heavy atom. The number of unbranched alkanes of at least 4 members (excludes halogenated alkanes) is 1. The van der Waals surface area contributed by atoms with E-state index in [4.69, 9.17) is 10.2 Å². The zero-order chi connectivity index (χ0) is 14.5. The molecule has 0 aliphatic heterocycles. The number of carboxylic acid groups (broad SMARTS) is 1. The van der Waals surface area contributed by atoms with Gasteiger partial charge in [-0.3, -0.25) is 0 Å². The third-order valence-corrected chi connectivity index (χ3v) is 3.60. The maximum absolute atomic E-state index is 11.1. The van der Waals surface area contributed by atoms with E-state index < -0.39 is 22.0 Å². The number of benzene rings is 1. The van der Waals surface area contributed by atoms with Crippen LogP contribution in [0.25, 0.3) is 0 Å². The summed E-state index contributed by atoms with van der Waals surface area (Å²) in [6.45, 7) is 1.99. The van der Waals surface area contributed by atoms with Crippen molar-refractivity contribution in [1.82, 2.24) is 0 Å². The molecule has 0 saturated carbocycles. The van der Waals surface area contributed by atoms with Gasteiger partial charge in [0.25, 0.3) is 0 Å². The fourth-order valence-corrected chi connectivity index (χ4v) is 2.12. The van der Waals surface area contributed by atoms with Crippen LogP contribution in [0.3, 0.4) is 0 Å². The maximum Gasteiger partial charge on any atom is 0.326 e. The Kier molecular flexibility index (Phi) is 5.31. The van der Waals surface area contributed by atoms with Gasteiger partial charge in [-0.1, -0.05) is 19.8 Å². The molecule has 0 aliphatic rings. The number of nitrogens with two attached hydrogens (primary N) is 1. The van der Waals surface area contributed by atoms with Gasteiger partial charge in [-0.05, 0) is 30.7 Å². The molecule has 1 atom stereocenters. The van der Waals surface area contributed by atoms with Crippen LogP contribution >= 0.6 is 0 Å². The summed E-state index contributed by atoms with van der Waals surface area (Å²) in [4.78, 5) is 11.1. The molecule has 0 fully saturated rings.